The quantitative estimate of drug-likeness (QED) is 0.500. The highest BCUT2D eigenvalue weighted by Gasteiger charge is 2.25. The van der Waals surface area contributed by atoms with Gasteiger partial charge in [0.1, 0.15) is 18.1 Å². The molecule has 0 amide bonds. The molecule has 0 radical (unpaired) electrons. The van der Waals surface area contributed by atoms with Crippen LogP contribution in [0.4, 0.5) is 5.69 Å². The van der Waals surface area contributed by atoms with Crippen molar-refractivity contribution in [1.82, 2.24) is 4.90 Å². The smallest absolute Gasteiger partial charge is 0.264 e. The molecule has 1 N–H and O–H groups in total. The molecule has 0 saturated carbocycles. The van der Waals surface area contributed by atoms with E-state index in [0.717, 1.165) is 25.2 Å². The van der Waals surface area contributed by atoms with Crippen LogP contribution < -0.4 is 9.04 Å². The van der Waals surface area contributed by atoms with E-state index in [1.165, 1.54) is 17.1 Å². The number of ether oxygens (including phenoxy) is 1. The van der Waals surface area contributed by atoms with Gasteiger partial charge in [-0.05, 0) is 92.5 Å². The Morgan fingerprint density at radius 1 is 0.970 bits per heavy atom. The van der Waals surface area contributed by atoms with Crippen LogP contribution >= 0.6 is 0 Å². The number of aryl methyl sites for hydroxylation is 1. The van der Waals surface area contributed by atoms with Crippen LogP contribution in [0, 0.1) is 6.92 Å². The first-order chi connectivity index (χ1) is 15.9. The standard InChI is InChI=1S/C26H30N2O4S/c1-21-6-4-9-26(18-21)33(30,31)28(20-22-7-5-8-24(29)19-22)23-10-12-25(13-11-23)32-17-16-27-14-2-3-15-27/h4-13,18-19,29H,2-3,14-17,20H2,1H3. The van der Waals surface area contributed by atoms with Crippen LogP contribution in [0.1, 0.15) is 24.0 Å². The Hall–Kier alpha value is -3.03. The first-order valence-corrected chi connectivity index (χ1v) is 12.7. The molecule has 0 aliphatic carbocycles. The van der Waals surface area contributed by atoms with Crippen molar-refractivity contribution >= 4 is 15.7 Å². The molecule has 7 heteroatoms. The number of nitrogens with zero attached hydrogens (tertiary/aromatic N) is 2. The summed E-state index contributed by atoms with van der Waals surface area (Å²) in [5, 5.41) is 9.86. The van der Waals surface area contributed by atoms with E-state index in [1.54, 1.807) is 66.7 Å². The Bertz CT molecular complexity index is 1170. The molecular weight excluding hydrogens is 436 g/mol. The van der Waals surface area contributed by atoms with Gasteiger partial charge in [-0.2, -0.15) is 0 Å². The summed E-state index contributed by atoms with van der Waals surface area (Å²) in [4.78, 5) is 2.62. The second kappa shape index (κ2) is 10.3. The molecule has 1 heterocycles. The lowest BCUT2D eigenvalue weighted by Crippen LogP contribution is -2.30. The highest BCUT2D eigenvalue weighted by atomic mass is 32.2. The molecule has 4 rings (SSSR count). The molecule has 1 saturated heterocycles. The zero-order valence-electron chi connectivity index (χ0n) is 18.9. The Labute approximate surface area is 196 Å². The average Bonchev–Trinajstić information content (AvgIpc) is 3.32. The van der Waals surface area contributed by atoms with Gasteiger partial charge in [0, 0.05) is 6.54 Å². The number of phenols is 1. The number of sulfonamides is 1. The number of rotatable bonds is 9. The van der Waals surface area contributed by atoms with Gasteiger partial charge in [-0.15, -0.1) is 0 Å². The predicted molar refractivity (Wildman–Crippen MR) is 130 cm³/mol. The zero-order valence-corrected chi connectivity index (χ0v) is 19.7. The van der Waals surface area contributed by atoms with Gasteiger partial charge >= 0.3 is 0 Å². The lowest BCUT2D eigenvalue weighted by atomic mass is 10.2. The van der Waals surface area contributed by atoms with Crippen molar-refractivity contribution in [3.63, 3.8) is 0 Å². The van der Waals surface area contributed by atoms with Crippen LogP contribution in [0.15, 0.2) is 77.7 Å². The number of benzene rings is 3. The Kier molecular flexibility index (Phi) is 7.20. The van der Waals surface area contributed by atoms with E-state index in [0.29, 0.717) is 23.6 Å². The number of anilines is 1. The third kappa shape index (κ3) is 5.86. The van der Waals surface area contributed by atoms with Crippen molar-refractivity contribution < 1.29 is 18.3 Å². The molecule has 33 heavy (non-hydrogen) atoms. The summed E-state index contributed by atoms with van der Waals surface area (Å²) < 4.78 is 34.5. The van der Waals surface area contributed by atoms with Crippen molar-refractivity contribution in [3.05, 3.63) is 83.9 Å². The molecule has 0 atom stereocenters. The van der Waals surface area contributed by atoms with E-state index < -0.39 is 10.0 Å². The Morgan fingerprint density at radius 3 is 2.39 bits per heavy atom. The van der Waals surface area contributed by atoms with Gasteiger partial charge in [0.2, 0.25) is 0 Å². The van der Waals surface area contributed by atoms with E-state index in [-0.39, 0.29) is 17.2 Å². The summed E-state index contributed by atoms with van der Waals surface area (Å²) in [6, 6.07) is 20.7. The van der Waals surface area contributed by atoms with Crippen molar-refractivity contribution in [2.45, 2.75) is 31.2 Å². The fourth-order valence-electron chi connectivity index (χ4n) is 4.05. The highest BCUT2D eigenvalue weighted by molar-refractivity contribution is 7.92. The van der Waals surface area contributed by atoms with Gasteiger partial charge in [0.15, 0.2) is 0 Å². The summed E-state index contributed by atoms with van der Waals surface area (Å²) in [5.74, 6) is 0.811. The molecule has 6 nitrogen and oxygen atoms in total. The minimum absolute atomic E-state index is 0.0971. The topological polar surface area (TPSA) is 70.1 Å². The normalized spacial score (nSPS) is 14.3. The van der Waals surface area contributed by atoms with Gasteiger partial charge < -0.3 is 9.84 Å². The lowest BCUT2D eigenvalue weighted by molar-refractivity contribution is 0.238. The second-order valence-electron chi connectivity index (χ2n) is 8.39. The van der Waals surface area contributed by atoms with Gasteiger partial charge in [0.05, 0.1) is 17.1 Å². The molecule has 0 aromatic heterocycles. The molecule has 0 bridgehead atoms. The van der Waals surface area contributed by atoms with E-state index >= 15 is 0 Å². The lowest BCUT2D eigenvalue weighted by Gasteiger charge is -2.25. The fourth-order valence-corrected chi connectivity index (χ4v) is 5.60. The van der Waals surface area contributed by atoms with Gasteiger partial charge in [0.25, 0.3) is 10.0 Å². The van der Waals surface area contributed by atoms with Gasteiger partial charge in [-0.3, -0.25) is 9.21 Å². The minimum Gasteiger partial charge on any atom is -0.508 e. The zero-order chi connectivity index (χ0) is 23.3. The Balaban J connectivity index is 1.57. The highest BCUT2D eigenvalue weighted by Crippen LogP contribution is 2.29. The van der Waals surface area contributed by atoms with Crippen molar-refractivity contribution in [2.75, 3.05) is 30.5 Å². The van der Waals surface area contributed by atoms with Crippen LogP contribution in [0.2, 0.25) is 0 Å². The number of hydrogen-bond acceptors (Lipinski definition) is 5. The van der Waals surface area contributed by atoms with E-state index in [2.05, 4.69) is 4.90 Å². The molecule has 0 spiro atoms. The van der Waals surface area contributed by atoms with E-state index in [1.807, 2.05) is 13.0 Å². The number of aromatic hydroxyl groups is 1. The minimum atomic E-state index is -3.82. The van der Waals surface area contributed by atoms with E-state index in [9.17, 15) is 13.5 Å². The molecule has 1 aliphatic heterocycles. The van der Waals surface area contributed by atoms with Gasteiger partial charge in [-0.25, -0.2) is 8.42 Å². The summed E-state index contributed by atoms with van der Waals surface area (Å²) >= 11 is 0. The van der Waals surface area contributed by atoms with Crippen LogP contribution in [0.3, 0.4) is 0 Å². The molecule has 3 aromatic rings. The average molecular weight is 467 g/mol. The molecule has 0 unspecified atom stereocenters. The third-order valence-electron chi connectivity index (χ3n) is 5.81. The molecule has 174 valence electrons. The summed E-state index contributed by atoms with van der Waals surface area (Å²) in [7, 11) is -3.82. The number of hydrogen-bond donors (Lipinski definition) is 1. The van der Waals surface area contributed by atoms with Crippen molar-refractivity contribution in [3.8, 4) is 11.5 Å². The number of likely N-dealkylation sites (tertiary alicyclic amines) is 1. The van der Waals surface area contributed by atoms with Crippen LogP contribution in [-0.4, -0.2) is 44.7 Å². The first-order valence-electron chi connectivity index (χ1n) is 11.2. The monoisotopic (exact) mass is 466 g/mol. The van der Waals surface area contributed by atoms with Crippen LogP contribution in [-0.2, 0) is 16.6 Å². The largest absolute Gasteiger partial charge is 0.508 e. The summed E-state index contributed by atoms with van der Waals surface area (Å²) in [6.07, 6.45) is 2.50. The SMILES string of the molecule is Cc1cccc(S(=O)(=O)N(Cc2cccc(O)c2)c2ccc(OCCN3CCCC3)cc2)c1. The maximum atomic E-state index is 13.6. The summed E-state index contributed by atoms with van der Waals surface area (Å²) in [5.41, 5.74) is 2.10. The molecule has 1 aliphatic rings. The molecule has 3 aromatic carbocycles. The van der Waals surface area contributed by atoms with E-state index in [4.69, 9.17) is 4.74 Å². The van der Waals surface area contributed by atoms with Crippen molar-refractivity contribution in [1.29, 1.82) is 0 Å². The maximum absolute atomic E-state index is 13.6. The number of phenolic OH excluding ortho intramolecular Hbond substituents is 1. The molecular formula is C26H30N2O4S. The van der Waals surface area contributed by atoms with Crippen molar-refractivity contribution in [2.24, 2.45) is 0 Å². The van der Waals surface area contributed by atoms with Crippen LogP contribution in [0.25, 0.3) is 0 Å². The second-order valence-corrected chi connectivity index (χ2v) is 10.3. The predicted octanol–water partition coefficient (Wildman–Crippen LogP) is 4.57. The van der Waals surface area contributed by atoms with Crippen LogP contribution in [0.5, 0.6) is 11.5 Å². The van der Waals surface area contributed by atoms with Gasteiger partial charge in [-0.1, -0.05) is 24.3 Å². The third-order valence-corrected chi connectivity index (χ3v) is 7.58. The first kappa shape index (κ1) is 23.1. The maximum Gasteiger partial charge on any atom is 0.264 e. The fraction of sp³-hybridized carbons (Fsp3) is 0.308. The molecule has 1 fully saturated rings. The Morgan fingerprint density at radius 2 is 1.70 bits per heavy atom. The summed E-state index contributed by atoms with van der Waals surface area (Å²) in [6.45, 7) is 5.72.